The highest BCUT2D eigenvalue weighted by atomic mass is 32.2. The normalized spacial score (nSPS) is 16.8. The first-order valence-corrected chi connectivity index (χ1v) is 10.8. The molecule has 0 radical (unpaired) electrons. The van der Waals surface area contributed by atoms with Crippen LogP contribution in [0.3, 0.4) is 0 Å². The number of nitrogens with one attached hydrogen (secondary N) is 2. The Bertz CT molecular complexity index is 685. The Morgan fingerprint density at radius 3 is 2.68 bits per heavy atom. The predicted octanol–water partition coefficient (Wildman–Crippen LogP) is 2.11. The minimum atomic E-state index is -2.95. The van der Waals surface area contributed by atoms with Crippen molar-refractivity contribution in [2.45, 2.75) is 51.3 Å². The van der Waals surface area contributed by atoms with Gasteiger partial charge in [0, 0.05) is 31.5 Å². The number of nitrogens with zero attached hydrogens (tertiary/aromatic N) is 1. The van der Waals surface area contributed by atoms with Crippen LogP contribution in [0.2, 0.25) is 0 Å². The molecule has 25 heavy (non-hydrogen) atoms. The van der Waals surface area contributed by atoms with Gasteiger partial charge in [-0.15, -0.1) is 0 Å². The van der Waals surface area contributed by atoms with Gasteiger partial charge in [-0.25, -0.2) is 8.42 Å². The molecule has 2 N–H and O–H groups in total. The summed E-state index contributed by atoms with van der Waals surface area (Å²) in [5, 5.41) is 6.50. The molecular weight excluding hydrogens is 338 g/mol. The lowest BCUT2D eigenvalue weighted by Gasteiger charge is -2.27. The zero-order valence-electron chi connectivity index (χ0n) is 15.3. The molecule has 1 atom stereocenters. The third-order valence-corrected chi connectivity index (χ3v) is 5.27. The Labute approximate surface area is 151 Å². The molecule has 0 heterocycles. The summed E-state index contributed by atoms with van der Waals surface area (Å²) in [6, 6.07) is 8.04. The molecule has 1 aromatic rings. The van der Waals surface area contributed by atoms with Crippen molar-refractivity contribution < 1.29 is 13.2 Å². The maximum atomic E-state index is 11.3. The van der Waals surface area contributed by atoms with Gasteiger partial charge in [-0.1, -0.05) is 18.2 Å². The Morgan fingerprint density at radius 2 is 2.08 bits per heavy atom. The standard InChI is InChI=1S/C18H29N3O3S/c1-14(11-12-25(3,22)23)21-18(19-2)20-13-15-7-4-5-10-17(15)24-16-8-6-9-16/h4-5,7,10,14,16H,6,8-9,11-13H2,1-3H3,(H2,19,20,21). The summed E-state index contributed by atoms with van der Waals surface area (Å²) in [5.41, 5.74) is 1.08. The number of ether oxygens (including phenoxy) is 1. The molecule has 1 unspecified atom stereocenters. The van der Waals surface area contributed by atoms with Crippen molar-refractivity contribution in [2.24, 2.45) is 4.99 Å². The first kappa shape index (κ1) is 19.6. The number of hydrogen-bond donors (Lipinski definition) is 2. The van der Waals surface area contributed by atoms with E-state index in [4.69, 9.17) is 4.74 Å². The second-order valence-corrected chi connectivity index (χ2v) is 8.93. The van der Waals surface area contributed by atoms with Gasteiger partial charge in [-0.2, -0.15) is 0 Å². The Balaban J connectivity index is 1.86. The fourth-order valence-electron chi connectivity index (χ4n) is 2.50. The Hall–Kier alpha value is -1.76. The second kappa shape index (κ2) is 9.08. The minimum absolute atomic E-state index is 0.0161. The maximum absolute atomic E-state index is 11.3. The number of rotatable bonds is 8. The van der Waals surface area contributed by atoms with Crippen molar-refractivity contribution in [3.8, 4) is 5.75 Å². The molecule has 140 valence electrons. The summed E-state index contributed by atoms with van der Waals surface area (Å²) >= 11 is 0. The molecule has 6 nitrogen and oxygen atoms in total. The zero-order chi connectivity index (χ0) is 18.3. The number of sulfone groups is 1. The van der Waals surface area contributed by atoms with Gasteiger partial charge >= 0.3 is 0 Å². The lowest BCUT2D eigenvalue weighted by Crippen LogP contribution is -2.42. The van der Waals surface area contributed by atoms with Crippen molar-refractivity contribution in [3.05, 3.63) is 29.8 Å². The third-order valence-electron chi connectivity index (χ3n) is 4.29. The van der Waals surface area contributed by atoms with Crippen LogP contribution in [0.1, 0.15) is 38.2 Å². The van der Waals surface area contributed by atoms with E-state index < -0.39 is 9.84 Å². The lowest BCUT2D eigenvalue weighted by atomic mass is 9.96. The average Bonchev–Trinajstić information content (AvgIpc) is 2.53. The van der Waals surface area contributed by atoms with Crippen molar-refractivity contribution in [1.29, 1.82) is 0 Å². The molecule has 1 aliphatic rings. The van der Waals surface area contributed by atoms with E-state index in [-0.39, 0.29) is 11.8 Å². The van der Waals surface area contributed by atoms with Crippen LogP contribution in [0.15, 0.2) is 29.3 Å². The van der Waals surface area contributed by atoms with Crippen LogP contribution in [0.5, 0.6) is 5.75 Å². The first-order chi connectivity index (χ1) is 11.9. The number of para-hydroxylation sites is 1. The maximum Gasteiger partial charge on any atom is 0.191 e. The average molecular weight is 368 g/mol. The van der Waals surface area contributed by atoms with E-state index in [0.717, 1.165) is 24.2 Å². The summed E-state index contributed by atoms with van der Waals surface area (Å²) in [4.78, 5) is 4.21. The molecule has 0 aliphatic heterocycles. The highest BCUT2D eigenvalue weighted by molar-refractivity contribution is 7.90. The summed E-state index contributed by atoms with van der Waals surface area (Å²) < 4.78 is 28.6. The SMILES string of the molecule is CN=C(NCc1ccccc1OC1CCC1)NC(C)CCS(C)(=O)=O. The molecule has 1 saturated carbocycles. The van der Waals surface area contributed by atoms with Crippen LogP contribution in [-0.2, 0) is 16.4 Å². The van der Waals surface area contributed by atoms with Crippen molar-refractivity contribution in [1.82, 2.24) is 10.6 Å². The van der Waals surface area contributed by atoms with Gasteiger partial charge in [0.05, 0.1) is 11.9 Å². The van der Waals surface area contributed by atoms with Gasteiger partial charge in [-0.3, -0.25) is 4.99 Å². The molecule has 1 aromatic carbocycles. The summed E-state index contributed by atoms with van der Waals surface area (Å²) in [6.07, 6.45) is 5.64. The second-order valence-electron chi connectivity index (χ2n) is 6.67. The van der Waals surface area contributed by atoms with Gasteiger partial charge < -0.3 is 15.4 Å². The summed E-state index contributed by atoms with van der Waals surface area (Å²) in [6.45, 7) is 2.55. The van der Waals surface area contributed by atoms with Crippen molar-refractivity contribution in [3.63, 3.8) is 0 Å². The van der Waals surface area contributed by atoms with E-state index in [1.165, 1.54) is 12.7 Å². The highest BCUT2D eigenvalue weighted by Gasteiger charge is 2.20. The van der Waals surface area contributed by atoms with Gasteiger partial charge in [0.15, 0.2) is 5.96 Å². The molecule has 1 fully saturated rings. The zero-order valence-corrected chi connectivity index (χ0v) is 16.1. The van der Waals surface area contributed by atoms with E-state index in [1.807, 2.05) is 31.2 Å². The fourth-order valence-corrected chi connectivity index (χ4v) is 3.28. The van der Waals surface area contributed by atoms with Crippen LogP contribution in [0.4, 0.5) is 0 Å². The van der Waals surface area contributed by atoms with Crippen LogP contribution in [0, 0.1) is 0 Å². The van der Waals surface area contributed by atoms with Crippen LogP contribution >= 0.6 is 0 Å². The molecule has 0 spiro atoms. The predicted molar refractivity (Wildman–Crippen MR) is 102 cm³/mol. The summed E-state index contributed by atoms with van der Waals surface area (Å²) in [7, 11) is -1.24. The largest absolute Gasteiger partial charge is 0.490 e. The van der Waals surface area contributed by atoms with Crippen molar-refractivity contribution in [2.75, 3.05) is 19.1 Å². The molecule has 2 rings (SSSR count). The van der Waals surface area contributed by atoms with E-state index in [0.29, 0.717) is 25.0 Å². The number of guanidine groups is 1. The van der Waals surface area contributed by atoms with Crippen LogP contribution < -0.4 is 15.4 Å². The lowest BCUT2D eigenvalue weighted by molar-refractivity contribution is 0.119. The highest BCUT2D eigenvalue weighted by Crippen LogP contribution is 2.27. The molecular formula is C18H29N3O3S. The molecule has 0 amide bonds. The van der Waals surface area contributed by atoms with E-state index in [1.54, 1.807) is 7.05 Å². The molecule has 1 aliphatic carbocycles. The van der Waals surface area contributed by atoms with E-state index in [9.17, 15) is 8.42 Å². The minimum Gasteiger partial charge on any atom is -0.490 e. The van der Waals surface area contributed by atoms with Crippen molar-refractivity contribution >= 4 is 15.8 Å². The van der Waals surface area contributed by atoms with E-state index in [2.05, 4.69) is 15.6 Å². The monoisotopic (exact) mass is 367 g/mol. The topological polar surface area (TPSA) is 79.8 Å². The molecule has 0 aromatic heterocycles. The smallest absolute Gasteiger partial charge is 0.191 e. The number of benzene rings is 1. The van der Waals surface area contributed by atoms with Gasteiger partial charge in [0.2, 0.25) is 0 Å². The fraction of sp³-hybridized carbons (Fsp3) is 0.611. The quantitative estimate of drug-likeness (QED) is 0.543. The number of aliphatic imine (C=N–C) groups is 1. The molecule has 0 saturated heterocycles. The van der Waals surface area contributed by atoms with Crippen LogP contribution in [-0.4, -0.2) is 45.6 Å². The van der Waals surface area contributed by atoms with Gasteiger partial charge in [-0.05, 0) is 38.7 Å². The molecule has 0 bridgehead atoms. The molecule has 7 heteroatoms. The van der Waals surface area contributed by atoms with Gasteiger partial charge in [0.1, 0.15) is 15.6 Å². The third kappa shape index (κ3) is 6.94. The Morgan fingerprint density at radius 1 is 1.36 bits per heavy atom. The number of hydrogen-bond acceptors (Lipinski definition) is 4. The first-order valence-electron chi connectivity index (χ1n) is 8.77. The summed E-state index contributed by atoms with van der Waals surface area (Å²) in [5.74, 6) is 1.73. The van der Waals surface area contributed by atoms with Gasteiger partial charge in [0.25, 0.3) is 0 Å². The Kier molecular flexibility index (Phi) is 7.11. The van der Waals surface area contributed by atoms with E-state index >= 15 is 0 Å². The van der Waals surface area contributed by atoms with Crippen LogP contribution in [0.25, 0.3) is 0 Å².